The minimum Gasteiger partial charge on any atom is -0.493 e. The Balaban J connectivity index is 1.50. The maximum Gasteiger partial charge on any atom is 0.224 e. The van der Waals surface area contributed by atoms with E-state index < -0.39 is 6.10 Å². The average Bonchev–Trinajstić information content (AvgIpc) is 2.61. The average molecular weight is 335 g/mol. The van der Waals surface area contributed by atoms with Crippen LogP contribution in [0.1, 0.15) is 17.5 Å². The molecule has 2 heterocycles. The lowest BCUT2D eigenvalue weighted by Crippen LogP contribution is -2.49. The number of benzene rings is 1. The molecule has 0 aliphatic carbocycles. The number of hydrogen-bond acceptors (Lipinski definition) is 5. The number of hydrogen-bond donors (Lipinski definition) is 2. The van der Waals surface area contributed by atoms with Crippen LogP contribution in [0.4, 0.5) is 0 Å². The molecule has 1 aromatic carbocycles. The van der Waals surface area contributed by atoms with Crippen LogP contribution in [0.3, 0.4) is 0 Å². The predicted octanol–water partition coefficient (Wildman–Crippen LogP) is 0.693. The van der Waals surface area contributed by atoms with E-state index >= 15 is 0 Å². The van der Waals surface area contributed by atoms with Crippen LogP contribution in [-0.4, -0.2) is 56.7 Å². The molecule has 6 nitrogen and oxygen atoms in total. The van der Waals surface area contributed by atoms with Gasteiger partial charge in [-0.1, -0.05) is 12.1 Å². The summed E-state index contributed by atoms with van der Waals surface area (Å²) in [4.78, 5) is 12.2. The molecule has 0 radical (unpaired) electrons. The molecule has 1 aromatic rings. The highest BCUT2D eigenvalue weighted by Crippen LogP contribution is 2.25. The molecule has 1 amide bonds. The molecule has 6 heteroatoms. The van der Waals surface area contributed by atoms with Crippen molar-refractivity contribution in [2.24, 2.45) is 5.92 Å². The van der Waals surface area contributed by atoms with Crippen LogP contribution in [0.5, 0.6) is 5.75 Å². The number of aryl methyl sites for hydroxylation is 1. The van der Waals surface area contributed by atoms with Crippen molar-refractivity contribution in [2.75, 3.05) is 33.5 Å². The van der Waals surface area contributed by atoms with Crippen molar-refractivity contribution in [3.05, 3.63) is 29.3 Å². The Labute approximate surface area is 142 Å². The van der Waals surface area contributed by atoms with E-state index in [4.69, 9.17) is 14.2 Å². The monoisotopic (exact) mass is 335 g/mol. The van der Waals surface area contributed by atoms with E-state index in [-0.39, 0.29) is 17.9 Å². The Kier molecular flexibility index (Phi) is 5.71. The van der Waals surface area contributed by atoms with Gasteiger partial charge in [-0.3, -0.25) is 4.79 Å². The third-order valence-electron chi connectivity index (χ3n) is 4.68. The lowest BCUT2D eigenvalue weighted by Gasteiger charge is -2.33. The van der Waals surface area contributed by atoms with Crippen LogP contribution in [0.2, 0.25) is 0 Å². The first-order valence-corrected chi connectivity index (χ1v) is 8.47. The van der Waals surface area contributed by atoms with Gasteiger partial charge in [-0.25, -0.2) is 0 Å². The summed E-state index contributed by atoms with van der Waals surface area (Å²) in [5.41, 5.74) is 2.15. The first kappa shape index (κ1) is 17.2. The van der Waals surface area contributed by atoms with Crippen molar-refractivity contribution < 1.29 is 24.1 Å². The number of rotatable bonds is 5. The number of nitrogens with one attached hydrogen (secondary N) is 1. The van der Waals surface area contributed by atoms with Gasteiger partial charge in [-0.05, 0) is 30.0 Å². The maximum absolute atomic E-state index is 12.2. The number of ether oxygens (including phenoxy) is 3. The lowest BCUT2D eigenvalue weighted by molar-refractivity contribution is -0.136. The van der Waals surface area contributed by atoms with Crippen LogP contribution in [0.25, 0.3) is 0 Å². The van der Waals surface area contributed by atoms with Crippen molar-refractivity contribution in [1.82, 2.24) is 5.32 Å². The Morgan fingerprint density at radius 1 is 1.42 bits per heavy atom. The molecule has 3 atom stereocenters. The zero-order chi connectivity index (χ0) is 16.9. The standard InChI is InChI=1S/C18H25NO5/c1-22-16-11-23-10-14(18(16)21)9-19-17(20)8-12-4-5-15-13(7-12)3-2-6-24-15/h4-5,7,14,16,18,21H,2-3,6,8-11H2,1H3,(H,19,20)/t14-,16-,18+/m1/s1. The molecule has 24 heavy (non-hydrogen) atoms. The fraction of sp³-hybridized carbons (Fsp3) is 0.611. The molecule has 3 rings (SSSR count). The number of aliphatic hydroxyl groups is 1. The molecule has 132 valence electrons. The Morgan fingerprint density at radius 2 is 2.29 bits per heavy atom. The molecule has 2 aliphatic rings. The number of carbonyl (C=O) groups excluding carboxylic acids is 1. The highest BCUT2D eigenvalue weighted by atomic mass is 16.5. The molecule has 0 saturated carbocycles. The molecular weight excluding hydrogens is 310 g/mol. The first-order chi connectivity index (χ1) is 11.7. The Morgan fingerprint density at radius 3 is 3.12 bits per heavy atom. The predicted molar refractivity (Wildman–Crippen MR) is 88.1 cm³/mol. The summed E-state index contributed by atoms with van der Waals surface area (Å²) >= 11 is 0. The summed E-state index contributed by atoms with van der Waals surface area (Å²) in [6.45, 7) is 1.96. The van der Waals surface area contributed by atoms with Gasteiger partial charge in [0.2, 0.25) is 5.91 Å². The van der Waals surface area contributed by atoms with Crippen LogP contribution >= 0.6 is 0 Å². The van der Waals surface area contributed by atoms with Crippen LogP contribution in [0.15, 0.2) is 18.2 Å². The van der Waals surface area contributed by atoms with Crippen LogP contribution < -0.4 is 10.1 Å². The Bertz CT molecular complexity index is 577. The number of aliphatic hydroxyl groups excluding tert-OH is 1. The van der Waals surface area contributed by atoms with Gasteiger partial charge in [0.25, 0.3) is 0 Å². The summed E-state index contributed by atoms with van der Waals surface area (Å²) in [6.07, 6.45) is 1.38. The van der Waals surface area contributed by atoms with E-state index in [1.165, 1.54) is 5.56 Å². The Hall–Kier alpha value is -1.63. The minimum atomic E-state index is -0.620. The van der Waals surface area contributed by atoms with Gasteiger partial charge in [0.05, 0.1) is 32.3 Å². The third-order valence-corrected chi connectivity index (χ3v) is 4.68. The van der Waals surface area contributed by atoms with Gasteiger partial charge in [-0.15, -0.1) is 0 Å². The van der Waals surface area contributed by atoms with Gasteiger partial charge in [-0.2, -0.15) is 0 Å². The largest absolute Gasteiger partial charge is 0.493 e. The van der Waals surface area contributed by atoms with Crippen molar-refractivity contribution >= 4 is 5.91 Å². The number of fused-ring (bicyclic) bond motifs is 1. The molecule has 0 unspecified atom stereocenters. The summed E-state index contributed by atoms with van der Waals surface area (Å²) in [5, 5.41) is 13.1. The fourth-order valence-electron chi connectivity index (χ4n) is 3.24. The summed E-state index contributed by atoms with van der Waals surface area (Å²) in [7, 11) is 1.55. The molecule has 0 aromatic heterocycles. The highest BCUT2D eigenvalue weighted by Gasteiger charge is 2.32. The fourth-order valence-corrected chi connectivity index (χ4v) is 3.24. The second-order valence-corrected chi connectivity index (χ2v) is 6.44. The summed E-state index contributed by atoms with van der Waals surface area (Å²) in [6, 6.07) is 5.93. The van der Waals surface area contributed by atoms with Crippen molar-refractivity contribution in [1.29, 1.82) is 0 Å². The van der Waals surface area contributed by atoms with E-state index in [1.807, 2.05) is 18.2 Å². The van der Waals surface area contributed by atoms with E-state index in [0.717, 1.165) is 30.8 Å². The van der Waals surface area contributed by atoms with Crippen LogP contribution in [-0.2, 0) is 27.1 Å². The molecule has 0 spiro atoms. The SMILES string of the molecule is CO[C@@H]1COC[C@@H](CNC(=O)Cc2ccc3c(c2)CCCO3)[C@@H]1O. The normalized spacial score (nSPS) is 26.3. The van der Waals surface area contributed by atoms with E-state index in [9.17, 15) is 9.90 Å². The number of amides is 1. The first-order valence-electron chi connectivity index (χ1n) is 8.47. The van der Waals surface area contributed by atoms with Crippen molar-refractivity contribution in [3.63, 3.8) is 0 Å². The quantitative estimate of drug-likeness (QED) is 0.828. The summed E-state index contributed by atoms with van der Waals surface area (Å²) in [5.74, 6) is 0.724. The van der Waals surface area contributed by atoms with E-state index in [0.29, 0.717) is 26.2 Å². The smallest absolute Gasteiger partial charge is 0.224 e. The zero-order valence-electron chi connectivity index (χ0n) is 14.0. The van der Waals surface area contributed by atoms with Gasteiger partial charge in [0.1, 0.15) is 11.9 Å². The number of methoxy groups -OCH3 is 1. The third kappa shape index (κ3) is 4.06. The van der Waals surface area contributed by atoms with Crippen molar-refractivity contribution in [2.45, 2.75) is 31.5 Å². The van der Waals surface area contributed by atoms with Gasteiger partial charge in [0, 0.05) is 19.6 Å². The minimum absolute atomic E-state index is 0.0570. The van der Waals surface area contributed by atoms with Gasteiger partial charge < -0.3 is 24.6 Å². The molecular formula is C18H25NO5. The second-order valence-electron chi connectivity index (χ2n) is 6.44. The number of carbonyl (C=O) groups is 1. The lowest BCUT2D eigenvalue weighted by atomic mass is 9.96. The second kappa shape index (κ2) is 7.96. The van der Waals surface area contributed by atoms with E-state index in [2.05, 4.69) is 5.32 Å². The summed E-state index contributed by atoms with van der Waals surface area (Å²) < 4.78 is 16.2. The molecule has 0 bridgehead atoms. The topological polar surface area (TPSA) is 77.0 Å². The zero-order valence-corrected chi connectivity index (χ0v) is 14.0. The van der Waals surface area contributed by atoms with Gasteiger partial charge in [0.15, 0.2) is 0 Å². The highest BCUT2D eigenvalue weighted by molar-refractivity contribution is 5.78. The van der Waals surface area contributed by atoms with Crippen molar-refractivity contribution in [3.8, 4) is 5.75 Å². The van der Waals surface area contributed by atoms with Gasteiger partial charge >= 0.3 is 0 Å². The maximum atomic E-state index is 12.2. The molecule has 2 N–H and O–H groups in total. The molecule has 1 fully saturated rings. The molecule has 2 aliphatic heterocycles. The molecule has 1 saturated heterocycles. The van der Waals surface area contributed by atoms with E-state index in [1.54, 1.807) is 7.11 Å². The van der Waals surface area contributed by atoms with Crippen LogP contribution in [0, 0.1) is 5.92 Å².